The van der Waals surface area contributed by atoms with Crippen molar-refractivity contribution in [2.45, 2.75) is 25.2 Å². The van der Waals surface area contributed by atoms with Gasteiger partial charge in [0.1, 0.15) is 6.17 Å². The van der Waals surface area contributed by atoms with Gasteiger partial charge >= 0.3 is 6.18 Å². The summed E-state index contributed by atoms with van der Waals surface area (Å²) >= 11 is 1.57. The van der Waals surface area contributed by atoms with Gasteiger partial charge in [-0.15, -0.1) is 0 Å². The lowest BCUT2D eigenvalue weighted by molar-refractivity contribution is -0.138. The lowest BCUT2D eigenvalue weighted by Crippen LogP contribution is -2.39. The molecule has 1 aromatic rings. The third-order valence-electron chi connectivity index (χ3n) is 3.23. The summed E-state index contributed by atoms with van der Waals surface area (Å²) in [6, 6.07) is 3.32. The van der Waals surface area contributed by atoms with Gasteiger partial charge in [-0.05, 0) is 53.6 Å². The summed E-state index contributed by atoms with van der Waals surface area (Å²) < 4.78 is 50.9. The highest BCUT2D eigenvalue weighted by molar-refractivity contribution is 14.1. The Morgan fingerprint density at radius 1 is 1.25 bits per heavy atom. The third-order valence-corrected chi connectivity index (χ3v) is 4.13. The first kappa shape index (κ1) is 15.5. The van der Waals surface area contributed by atoms with Crippen LogP contribution >= 0.6 is 22.6 Å². The molecule has 0 aromatic heterocycles. The Morgan fingerprint density at radius 2 is 1.85 bits per heavy atom. The normalized spacial score (nSPS) is 17.4. The molecule has 0 bridgehead atoms. The maximum atomic E-state index is 13.0. The van der Waals surface area contributed by atoms with Crippen molar-refractivity contribution in [3.8, 4) is 0 Å². The Morgan fingerprint density at radius 3 is 2.35 bits per heavy atom. The minimum absolute atomic E-state index is 0.0127. The van der Waals surface area contributed by atoms with Crippen LogP contribution in [0.2, 0.25) is 0 Å². The van der Waals surface area contributed by atoms with Gasteiger partial charge < -0.3 is 4.90 Å². The first-order chi connectivity index (χ1) is 9.29. The number of halogens is 5. The standard InChI is InChI=1S/C13H12F4INO/c14-9-3-5-19(6-4-9)12(20)8-1-2-10(11(18)7-8)13(15,16)17/h1-2,7,9H,3-6H2. The van der Waals surface area contributed by atoms with Crippen molar-refractivity contribution < 1.29 is 22.4 Å². The average molecular weight is 401 g/mol. The van der Waals surface area contributed by atoms with E-state index in [4.69, 9.17) is 0 Å². The summed E-state index contributed by atoms with van der Waals surface area (Å²) in [5.74, 6) is -0.344. The van der Waals surface area contributed by atoms with Crippen LogP contribution in [0.3, 0.4) is 0 Å². The number of likely N-dealkylation sites (tertiary alicyclic amines) is 1. The highest BCUT2D eigenvalue weighted by Crippen LogP contribution is 2.33. The number of nitrogens with zero attached hydrogens (tertiary/aromatic N) is 1. The molecule has 0 N–H and O–H groups in total. The number of carbonyl (C=O) groups excluding carboxylic acids is 1. The van der Waals surface area contributed by atoms with Gasteiger partial charge in [-0.3, -0.25) is 4.79 Å². The lowest BCUT2D eigenvalue weighted by atomic mass is 10.1. The molecule has 1 aromatic carbocycles. The first-order valence-electron chi connectivity index (χ1n) is 6.09. The molecular formula is C13H12F4INO. The SMILES string of the molecule is O=C(c1ccc(C(F)(F)F)c(I)c1)N1CCC(F)CC1. The van der Waals surface area contributed by atoms with E-state index in [9.17, 15) is 22.4 Å². The molecule has 0 spiro atoms. The van der Waals surface area contributed by atoms with Gasteiger partial charge in [-0.2, -0.15) is 13.2 Å². The number of rotatable bonds is 1. The maximum absolute atomic E-state index is 13.0. The van der Waals surface area contributed by atoms with Crippen LogP contribution in [0, 0.1) is 3.57 Å². The van der Waals surface area contributed by atoms with Crippen molar-refractivity contribution in [3.63, 3.8) is 0 Å². The molecule has 7 heteroatoms. The topological polar surface area (TPSA) is 20.3 Å². The third kappa shape index (κ3) is 3.42. The van der Waals surface area contributed by atoms with E-state index in [-0.39, 0.29) is 27.9 Å². The highest BCUT2D eigenvalue weighted by Gasteiger charge is 2.33. The zero-order chi connectivity index (χ0) is 14.9. The molecule has 20 heavy (non-hydrogen) atoms. The van der Waals surface area contributed by atoms with Crippen LogP contribution in [0.4, 0.5) is 17.6 Å². The van der Waals surface area contributed by atoms with Gasteiger partial charge in [0.05, 0.1) is 5.56 Å². The second-order valence-electron chi connectivity index (χ2n) is 4.66. The van der Waals surface area contributed by atoms with Crippen LogP contribution in [0.15, 0.2) is 18.2 Å². The predicted molar refractivity (Wildman–Crippen MR) is 74.2 cm³/mol. The van der Waals surface area contributed by atoms with E-state index >= 15 is 0 Å². The fraction of sp³-hybridized carbons (Fsp3) is 0.462. The first-order valence-corrected chi connectivity index (χ1v) is 7.17. The fourth-order valence-corrected chi connectivity index (χ4v) is 2.93. The largest absolute Gasteiger partial charge is 0.417 e. The highest BCUT2D eigenvalue weighted by atomic mass is 127. The summed E-state index contributed by atoms with van der Waals surface area (Å²) in [5.41, 5.74) is -0.545. The number of benzene rings is 1. The monoisotopic (exact) mass is 401 g/mol. The van der Waals surface area contributed by atoms with Gasteiger partial charge in [0.15, 0.2) is 0 Å². The van der Waals surface area contributed by atoms with Gasteiger partial charge in [-0.25, -0.2) is 4.39 Å². The van der Waals surface area contributed by atoms with Crippen LogP contribution in [0.5, 0.6) is 0 Å². The molecule has 0 aliphatic carbocycles. The zero-order valence-corrected chi connectivity index (χ0v) is 12.5. The van der Waals surface area contributed by atoms with Crippen molar-refractivity contribution in [1.82, 2.24) is 4.90 Å². The van der Waals surface area contributed by atoms with Crippen LogP contribution in [-0.4, -0.2) is 30.1 Å². The number of amides is 1. The molecule has 0 radical (unpaired) electrons. The Bertz CT molecular complexity index is 510. The van der Waals surface area contributed by atoms with E-state index in [0.29, 0.717) is 13.1 Å². The van der Waals surface area contributed by atoms with E-state index < -0.39 is 17.9 Å². The average Bonchev–Trinajstić information content (AvgIpc) is 2.37. The summed E-state index contributed by atoms with van der Waals surface area (Å²) in [6.07, 6.45) is -4.76. The molecule has 1 amide bonds. The molecule has 2 nitrogen and oxygen atoms in total. The van der Waals surface area contributed by atoms with Gasteiger partial charge in [0.2, 0.25) is 0 Å². The molecule has 0 saturated carbocycles. The molecule has 1 aliphatic heterocycles. The Labute approximate surface area is 127 Å². The molecule has 1 saturated heterocycles. The second-order valence-corrected chi connectivity index (χ2v) is 5.82. The summed E-state index contributed by atoms with van der Waals surface area (Å²) in [5, 5.41) is 0. The minimum Gasteiger partial charge on any atom is -0.338 e. The van der Waals surface area contributed by atoms with Crippen LogP contribution in [0.25, 0.3) is 0 Å². The summed E-state index contributed by atoms with van der Waals surface area (Å²) in [4.78, 5) is 13.6. The number of carbonyl (C=O) groups is 1. The van der Waals surface area contributed by atoms with E-state index in [1.54, 1.807) is 22.6 Å². The molecule has 1 aliphatic rings. The fourth-order valence-electron chi connectivity index (χ4n) is 2.11. The van der Waals surface area contributed by atoms with E-state index in [0.717, 1.165) is 6.07 Å². The summed E-state index contributed by atoms with van der Waals surface area (Å²) in [6.45, 7) is 0.606. The number of alkyl halides is 4. The van der Waals surface area contributed by atoms with Crippen LogP contribution in [-0.2, 0) is 6.18 Å². The Hall–Kier alpha value is -0.860. The van der Waals surface area contributed by atoms with Gasteiger partial charge in [0.25, 0.3) is 5.91 Å². The number of piperidine rings is 1. The van der Waals surface area contributed by atoms with Crippen molar-refractivity contribution in [2.24, 2.45) is 0 Å². The molecule has 1 fully saturated rings. The quantitative estimate of drug-likeness (QED) is 0.517. The Balaban J connectivity index is 2.17. The van der Waals surface area contributed by atoms with Crippen LogP contribution in [0.1, 0.15) is 28.8 Å². The van der Waals surface area contributed by atoms with Crippen LogP contribution < -0.4 is 0 Å². The van der Waals surface area contributed by atoms with E-state index in [1.165, 1.54) is 17.0 Å². The molecular weight excluding hydrogens is 389 g/mol. The maximum Gasteiger partial charge on any atom is 0.417 e. The molecule has 2 rings (SSSR count). The van der Waals surface area contributed by atoms with Crippen molar-refractivity contribution in [2.75, 3.05) is 13.1 Å². The molecule has 0 unspecified atom stereocenters. The minimum atomic E-state index is -4.43. The van der Waals surface area contributed by atoms with Crippen molar-refractivity contribution in [1.29, 1.82) is 0 Å². The smallest absolute Gasteiger partial charge is 0.338 e. The van der Waals surface area contributed by atoms with Crippen molar-refractivity contribution in [3.05, 3.63) is 32.9 Å². The van der Waals surface area contributed by atoms with E-state index in [2.05, 4.69) is 0 Å². The summed E-state index contributed by atoms with van der Waals surface area (Å²) in [7, 11) is 0. The molecule has 0 atom stereocenters. The molecule has 110 valence electrons. The Kier molecular flexibility index (Phi) is 4.55. The van der Waals surface area contributed by atoms with Crippen molar-refractivity contribution >= 4 is 28.5 Å². The molecule has 1 heterocycles. The van der Waals surface area contributed by atoms with E-state index in [1.807, 2.05) is 0 Å². The number of hydrogen-bond donors (Lipinski definition) is 0. The van der Waals surface area contributed by atoms with Gasteiger partial charge in [0, 0.05) is 22.2 Å². The zero-order valence-electron chi connectivity index (χ0n) is 10.4. The second kappa shape index (κ2) is 5.87. The predicted octanol–water partition coefficient (Wildman–Crippen LogP) is 3.88. The lowest BCUT2D eigenvalue weighted by Gasteiger charge is -2.28. The number of hydrogen-bond acceptors (Lipinski definition) is 1. The van der Waals surface area contributed by atoms with Gasteiger partial charge in [-0.1, -0.05) is 0 Å².